The molecule has 0 aliphatic carbocycles. The highest BCUT2D eigenvalue weighted by Crippen LogP contribution is 2.33. The molecule has 0 amide bonds. The van der Waals surface area contributed by atoms with Crippen molar-refractivity contribution in [3.63, 3.8) is 0 Å². The van der Waals surface area contributed by atoms with E-state index in [2.05, 4.69) is 25.4 Å². The van der Waals surface area contributed by atoms with E-state index in [9.17, 15) is 0 Å². The highest BCUT2D eigenvalue weighted by molar-refractivity contribution is 5.96. The van der Waals surface area contributed by atoms with Gasteiger partial charge in [0.1, 0.15) is 5.75 Å². The van der Waals surface area contributed by atoms with Crippen LogP contribution >= 0.6 is 0 Å². The molecule has 4 rings (SSSR count). The predicted octanol–water partition coefficient (Wildman–Crippen LogP) is 4.17. The molecule has 1 N–H and O–H groups in total. The molecule has 7 nitrogen and oxygen atoms in total. The molecule has 1 aromatic carbocycles. The summed E-state index contributed by atoms with van der Waals surface area (Å²) in [7, 11) is 1.67. The van der Waals surface area contributed by atoms with E-state index in [4.69, 9.17) is 9.26 Å². The third-order valence-corrected chi connectivity index (χ3v) is 4.53. The van der Waals surface area contributed by atoms with Crippen molar-refractivity contribution < 1.29 is 9.26 Å². The summed E-state index contributed by atoms with van der Waals surface area (Å²) < 4.78 is 10.9. The molecule has 142 valence electrons. The van der Waals surface area contributed by atoms with Crippen LogP contribution in [0, 0.1) is 6.92 Å². The Morgan fingerprint density at radius 2 is 1.96 bits per heavy atom. The monoisotopic (exact) mass is 375 g/mol. The lowest BCUT2D eigenvalue weighted by Gasteiger charge is -2.14. The lowest BCUT2D eigenvalue weighted by molar-refractivity contribution is 0.410. The van der Waals surface area contributed by atoms with E-state index < -0.39 is 0 Å². The molecule has 3 aromatic heterocycles. The van der Waals surface area contributed by atoms with Crippen molar-refractivity contribution >= 4 is 16.7 Å². The summed E-state index contributed by atoms with van der Waals surface area (Å²) in [6.07, 6.45) is 2.43. The molecule has 7 heteroatoms. The van der Waals surface area contributed by atoms with Gasteiger partial charge in [-0.2, -0.15) is 4.98 Å². The van der Waals surface area contributed by atoms with Crippen molar-refractivity contribution in [2.24, 2.45) is 0 Å². The molecule has 0 aliphatic rings. The van der Waals surface area contributed by atoms with Gasteiger partial charge in [0.15, 0.2) is 11.5 Å². The fourth-order valence-electron chi connectivity index (χ4n) is 3.06. The molecule has 0 saturated carbocycles. The highest BCUT2D eigenvalue weighted by atomic mass is 16.5. The number of nitrogens with one attached hydrogen (secondary N) is 1. The first kappa shape index (κ1) is 17.9. The lowest BCUT2D eigenvalue weighted by atomic mass is 10.1. The first-order valence-electron chi connectivity index (χ1n) is 9.14. The zero-order valence-corrected chi connectivity index (χ0v) is 16.1. The minimum absolute atomic E-state index is 0.439. The number of rotatable bonds is 6. The zero-order valence-electron chi connectivity index (χ0n) is 16.1. The first-order chi connectivity index (χ1) is 13.7. The minimum atomic E-state index is 0.439. The molecule has 4 aromatic rings. The van der Waals surface area contributed by atoms with Crippen molar-refractivity contribution in [2.45, 2.75) is 26.8 Å². The second kappa shape index (κ2) is 7.64. The maximum atomic E-state index is 5.47. The standard InChI is InChI=1S/C21H21N5O2/c1-4-18-25-21(28-26-18)16-12-23-20-15(10-9-13(2)24-20)19(16)22-11-14-7-5-6-8-17(14)27-3/h5-10,12H,4,11H2,1-3H3,(H,22,23,24). The van der Waals surface area contributed by atoms with Gasteiger partial charge in [0, 0.05) is 35.8 Å². The summed E-state index contributed by atoms with van der Waals surface area (Å²) >= 11 is 0. The number of methoxy groups -OCH3 is 1. The molecule has 0 saturated heterocycles. The molecule has 28 heavy (non-hydrogen) atoms. The van der Waals surface area contributed by atoms with Crippen molar-refractivity contribution in [1.29, 1.82) is 0 Å². The van der Waals surface area contributed by atoms with Crippen molar-refractivity contribution in [1.82, 2.24) is 20.1 Å². The Morgan fingerprint density at radius 1 is 1.11 bits per heavy atom. The molecule has 0 fully saturated rings. The molecule has 0 spiro atoms. The number of ether oxygens (including phenoxy) is 1. The summed E-state index contributed by atoms with van der Waals surface area (Å²) in [6, 6.07) is 11.9. The normalized spacial score (nSPS) is 11.0. The van der Waals surface area contributed by atoms with Gasteiger partial charge in [0.05, 0.1) is 18.4 Å². The van der Waals surface area contributed by atoms with Gasteiger partial charge in [-0.1, -0.05) is 30.3 Å². The van der Waals surface area contributed by atoms with Crippen LogP contribution in [0.25, 0.3) is 22.5 Å². The maximum absolute atomic E-state index is 5.47. The van der Waals surface area contributed by atoms with Crippen LogP contribution in [0.2, 0.25) is 0 Å². The van der Waals surface area contributed by atoms with E-state index in [-0.39, 0.29) is 0 Å². The summed E-state index contributed by atoms with van der Waals surface area (Å²) in [5.41, 5.74) is 4.23. The minimum Gasteiger partial charge on any atom is -0.496 e. The van der Waals surface area contributed by atoms with Crippen LogP contribution in [-0.4, -0.2) is 27.2 Å². The van der Waals surface area contributed by atoms with Gasteiger partial charge in [0.25, 0.3) is 5.89 Å². The van der Waals surface area contributed by atoms with Crippen molar-refractivity contribution in [2.75, 3.05) is 12.4 Å². The molecule has 0 bridgehead atoms. The molecular weight excluding hydrogens is 354 g/mol. The van der Waals surface area contributed by atoms with Crippen molar-refractivity contribution in [3.8, 4) is 17.2 Å². The summed E-state index contributed by atoms with van der Waals surface area (Å²) in [5, 5.41) is 8.42. The van der Waals surface area contributed by atoms with Crippen LogP contribution in [-0.2, 0) is 13.0 Å². The molecular formula is C21H21N5O2. The van der Waals surface area contributed by atoms with Gasteiger partial charge in [-0.25, -0.2) is 9.97 Å². The lowest BCUT2D eigenvalue weighted by Crippen LogP contribution is -2.05. The number of benzene rings is 1. The fourth-order valence-corrected chi connectivity index (χ4v) is 3.06. The third kappa shape index (κ3) is 3.38. The highest BCUT2D eigenvalue weighted by Gasteiger charge is 2.17. The Hall–Kier alpha value is -3.48. The average Bonchev–Trinajstić information content (AvgIpc) is 3.21. The van der Waals surface area contributed by atoms with Gasteiger partial charge < -0.3 is 14.6 Å². The number of fused-ring (bicyclic) bond motifs is 1. The smallest absolute Gasteiger partial charge is 0.261 e. The number of hydrogen-bond donors (Lipinski definition) is 1. The Kier molecular flexibility index (Phi) is 4.89. The van der Waals surface area contributed by atoms with Crippen LogP contribution in [0.5, 0.6) is 5.75 Å². The van der Waals surface area contributed by atoms with Gasteiger partial charge in [-0.3, -0.25) is 0 Å². The van der Waals surface area contributed by atoms with E-state index in [1.54, 1.807) is 13.3 Å². The van der Waals surface area contributed by atoms with Crippen molar-refractivity contribution in [3.05, 3.63) is 59.7 Å². The molecule has 3 heterocycles. The van der Waals surface area contributed by atoms with Crippen LogP contribution in [0.15, 0.2) is 47.1 Å². The topological polar surface area (TPSA) is 86.0 Å². The number of pyridine rings is 2. The van der Waals surface area contributed by atoms with Gasteiger partial charge >= 0.3 is 0 Å². The number of aryl methyl sites for hydroxylation is 2. The fraction of sp³-hybridized carbons (Fsp3) is 0.238. The molecule has 0 aliphatic heterocycles. The van der Waals surface area contributed by atoms with E-state index >= 15 is 0 Å². The van der Waals surface area contributed by atoms with Crippen LogP contribution in [0.4, 0.5) is 5.69 Å². The predicted molar refractivity (Wildman–Crippen MR) is 107 cm³/mol. The molecule has 0 atom stereocenters. The Balaban J connectivity index is 1.80. The van der Waals surface area contributed by atoms with E-state index in [0.29, 0.717) is 30.3 Å². The quantitative estimate of drug-likeness (QED) is 0.541. The average molecular weight is 375 g/mol. The van der Waals surface area contributed by atoms with Gasteiger partial charge in [0.2, 0.25) is 0 Å². The van der Waals surface area contributed by atoms with E-state index in [1.165, 1.54) is 0 Å². The Labute approximate surface area is 162 Å². The summed E-state index contributed by atoms with van der Waals surface area (Å²) in [6.45, 7) is 4.50. The summed E-state index contributed by atoms with van der Waals surface area (Å²) in [5.74, 6) is 1.93. The Bertz CT molecular complexity index is 1120. The molecule has 0 unspecified atom stereocenters. The van der Waals surface area contributed by atoms with Gasteiger partial charge in [-0.15, -0.1) is 0 Å². The second-order valence-corrected chi connectivity index (χ2v) is 6.41. The number of nitrogens with zero attached hydrogens (tertiary/aromatic N) is 4. The summed E-state index contributed by atoms with van der Waals surface area (Å²) in [4.78, 5) is 13.5. The van der Waals surface area contributed by atoms with E-state index in [1.807, 2.05) is 50.2 Å². The first-order valence-corrected chi connectivity index (χ1v) is 9.14. The number of hydrogen-bond acceptors (Lipinski definition) is 7. The third-order valence-electron chi connectivity index (χ3n) is 4.53. The van der Waals surface area contributed by atoms with E-state index in [0.717, 1.165) is 33.6 Å². The second-order valence-electron chi connectivity index (χ2n) is 6.41. The van der Waals surface area contributed by atoms with Gasteiger partial charge in [-0.05, 0) is 25.1 Å². The number of aromatic nitrogens is 4. The van der Waals surface area contributed by atoms with Crippen LogP contribution in [0.3, 0.4) is 0 Å². The maximum Gasteiger partial charge on any atom is 0.261 e. The SMILES string of the molecule is CCc1noc(-c2cnc3nc(C)ccc3c2NCc2ccccc2OC)n1. The van der Waals surface area contributed by atoms with Crippen LogP contribution in [0.1, 0.15) is 24.0 Å². The number of anilines is 1. The number of para-hydroxylation sites is 1. The molecule has 0 radical (unpaired) electrons. The Morgan fingerprint density at radius 3 is 2.75 bits per heavy atom. The largest absolute Gasteiger partial charge is 0.496 e. The zero-order chi connectivity index (χ0) is 19.5. The van der Waals surface area contributed by atoms with Crippen LogP contribution < -0.4 is 10.1 Å².